The fourth-order valence-corrected chi connectivity index (χ4v) is 4.54. The van der Waals surface area contributed by atoms with Gasteiger partial charge in [0, 0.05) is 18.8 Å². The Morgan fingerprint density at radius 1 is 0.953 bits per heavy atom. The van der Waals surface area contributed by atoms with Gasteiger partial charge in [-0.3, -0.25) is 14.9 Å². The maximum Gasteiger partial charge on any atom is 0.411 e. The molecule has 1 atom stereocenters. The molecule has 0 spiro atoms. The fourth-order valence-electron chi connectivity index (χ4n) is 4.54. The van der Waals surface area contributed by atoms with Crippen LogP contribution in [0.4, 0.5) is 10.5 Å². The Bertz CT molecular complexity index is 1360. The van der Waals surface area contributed by atoms with E-state index in [4.69, 9.17) is 16.2 Å². The number of hydrazone groups is 1. The summed E-state index contributed by atoms with van der Waals surface area (Å²) in [5, 5.41) is 17.8. The largest absolute Gasteiger partial charge is 0.450 e. The second kappa shape index (κ2) is 16.1. The highest BCUT2D eigenvalue weighted by Gasteiger charge is 2.34. The first-order valence-electron chi connectivity index (χ1n) is 13.6. The van der Waals surface area contributed by atoms with E-state index < -0.39 is 29.0 Å². The number of ether oxygens (including phenoxy) is 1. The summed E-state index contributed by atoms with van der Waals surface area (Å²) in [5.74, 6) is -2.15. The number of nitrogens with two attached hydrogens (primary N) is 2. The minimum absolute atomic E-state index is 0.0423. The molecule has 13 nitrogen and oxygen atoms in total. The van der Waals surface area contributed by atoms with Gasteiger partial charge in [-0.2, -0.15) is 0 Å². The lowest BCUT2D eigenvalue weighted by Gasteiger charge is -2.33. The third kappa shape index (κ3) is 9.85. The van der Waals surface area contributed by atoms with Crippen LogP contribution < -0.4 is 22.1 Å². The molecule has 3 amide bonds. The van der Waals surface area contributed by atoms with Gasteiger partial charge < -0.3 is 26.4 Å². The van der Waals surface area contributed by atoms with Crippen molar-refractivity contribution in [3.63, 3.8) is 0 Å². The highest BCUT2D eigenvalue weighted by atomic mass is 16.7. The molecular formula is C30H35N7O6. The monoisotopic (exact) mass is 589 g/mol. The van der Waals surface area contributed by atoms with Gasteiger partial charge in [-0.05, 0) is 48.6 Å². The molecule has 0 fully saturated rings. The fraction of sp³-hybridized carbons (Fsp3) is 0.267. The van der Waals surface area contributed by atoms with Gasteiger partial charge in [0.2, 0.25) is 11.8 Å². The Morgan fingerprint density at radius 3 is 2.05 bits per heavy atom. The molecule has 0 aromatic heterocycles. The van der Waals surface area contributed by atoms with Crippen LogP contribution in [0.25, 0.3) is 0 Å². The highest BCUT2D eigenvalue weighted by Crippen LogP contribution is 2.29. The number of nitro groups is 1. The molecule has 13 heteroatoms. The van der Waals surface area contributed by atoms with Crippen LogP contribution in [0.3, 0.4) is 0 Å². The SMILES string of the molecule is CCOC(=O)Nc1ccc(CN(C(=O)C(c2ccccc2)c2ccccc2)[C@H](CCCNC(N)=N[N+](=O)[O-])C(N)=O)cc1. The molecule has 0 saturated heterocycles. The van der Waals surface area contributed by atoms with Crippen molar-refractivity contribution in [3.05, 3.63) is 112 Å². The van der Waals surface area contributed by atoms with Crippen molar-refractivity contribution in [1.29, 1.82) is 0 Å². The second-order valence-corrected chi connectivity index (χ2v) is 9.47. The lowest BCUT2D eigenvalue weighted by atomic mass is 9.89. The van der Waals surface area contributed by atoms with E-state index in [1.165, 1.54) is 4.90 Å². The smallest absolute Gasteiger partial charge is 0.411 e. The molecule has 226 valence electrons. The van der Waals surface area contributed by atoms with Crippen molar-refractivity contribution < 1.29 is 24.2 Å². The molecule has 0 bridgehead atoms. The molecular weight excluding hydrogens is 554 g/mol. The van der Waals surface area contributed by atoms with Crippen LogP contribution in [0.15, 0.2) is 90.0 Å². The number of hydrogen-bond acceptors (Lipinski definition) is 6. The molecule has 0 aliphatic carbocycles. The number of carbonyl (C=O) groups excluding carboxylic acids is 3. The van der Waals surface area contributed by atoms with Crippen LogP contribution in [0.2, 0.25) is 0 Å². The van der Waals surface area contributed by atoms with E-state index in [1.807, 2.05) is 60.7 Å². The first-order chi connectivity index (χ1) is 20.7. The first kappa shape index (κ1) is 32.1. The van der Waals surface area contributed by atoms with E-state index in [1.54, 1.807) is 31.2 Å². The molecule has 0 aliphatic rings. The van der Waals surface area contributed by atoms with Crippen molar-refractivity contribution >= 4 is 29.6 Å². The molecule has 0 saturated carbocycles. The van der Waals surface area contributed by atoms with E-state index in [-0.39, 0.29) is 38.0 Å². The van der Waals surface area contributed by atoms with Crippen molar-refractivity contribution in [3.8, 4) is 0 Å². The van der Waals surface area contributed by atoms with Crippen LogP contribution >= 0.6 is 0 Å². The van der Waals surface area contributed by atoms with Gasteiger partial charge in [0.1, 0.15) is 11.1 Å². The van der Waals surface area contributed by atoms with Crippen molar-refractivity contribution in [2.75, 3.05) is 18.5 Å². The Morgan fingerprint density at radius 2 is 1.53 bits per heavy atom. The van der Waals surface area contributed by atoms with Gasteiger partial charge in [0.05, 0.1) is 12.5 Å². The van der Waals surface area contributed by atoms with Crippen LogP contribution in [0.5, 0.6) is 0 Å². The third-order valence-electron chi connectivity index (χ3n) is 6.48. The van der Waals surface area contributed by atoms with E-state index in [0.717, 1.165) is 11.1 Å². The summed E-state index contributed by atoms with van der Waals surface area (Å²) in [5.41, 5.74) is 14.0. The number of primary amides is 1. The van der Waals surface area contributed by atoms with Gasteiger partial charge in [0.25, 0.3) is 5.96 Å². The Labute approximate surface area is 249 Å². The zero-order valence-corrected chi connectivity index (χ0v) is 23.7. The Kier molecular flexibility index (Phi) is 12.0. The van der Waals surface area contributed by atoms with Gasteiger partial charge in [-0.25, -0.2) is 14.9 Å². The van der Waals surface area contributed by atoms with E-state index in [0.29, 0.717) is 17.7 Å². The number of amides is 3. The molecule has 0 radical (unpaired) electrons. The maximum absolute atomic E-state index is 14.5. The maximum atomic E-state index is 14.5. The quantitative estimate of drug-likeness (QED) is 0.0723. The lowest BCUT2D eigenvalue weighted by molar-refractivity contribution is -0.485. The van der Waals surface area contributed by atoms with Crippen LogP contribution in [-0.2, 0) is 20.9 Å². The summed E-state index contributed by atoms with van der Waals surface area (Å²) < 4.78 is 4.91. The summed E-state index contributed by atoms with van der Waals surface area (Å²) in [7, 11) is 0. The number of benzene rings is 3. The van der Waals surface area contributed by atoms with Crippen LogP contribution in [-0.4, -0.2) is 53.0 Å². The number of nitrogens with one attached hydrogen (secondary N) is 2. The summed E-state index contributed by atoms with van der Waals surface area (Å²) in [6.45, 7) is 2.13. The number of anilines is 1. The number of carbonyl (C=O) groups is 3. The van der Waals surface area contributed by atoms with Gasteiger partial charge in [-0.15, -0.1) is 0 Å². The standard InChI is InChI=1S/C30H35N7O6/c1-2-43-30(40)34-24-17-15-21(16-18-24)20-36(25(27(31)38)14-9-19-33-29(32)35-37(41)42)28(39)26(22-10-5-3-6-11-22)23-12-7-4-8-13-23/h3-8,10-13,15-18,25-26H,2,9,14,19-20H2,1H3,(H2,31,38)(H,34,40)(H3,32,33,35)/t25-/m1/s1. The van der Waals surface area contributed by atoms with E-state index in [9.17, 15) is 24.5 Å². The number of hydrogen-bond donors (Lipinski definition) is 4. The molecule has 0 heterocycles. The molecule has 3 aromatic rings. The highest BCUT2D eigenvalue weighted by molar-refractivity contribution is 5.92. The summed E-state index contributed by atoms with van der Waals surface area (Å²) in [6, 6.07) is 24.3. The van der Waals surface area contributed by atoms with Gasteiger partial charge >= 0.3 is 6.09 Å². The van der Waals surface area contributed by atoms with Crippen LogP contribution in [0, 0.1) is 10.1 Å². The van der Waals surface area contributed by atoms with E-state index in [2.05, 4.69) is 15.7 Å². The predicted molar refractivity (Wildman–Crippen MR) is 161 cm³/mol. The average molecular weight is 590 g/mol. The first-order valence-corrected chi connectivity index (χ1v) is 13.6. The molecule has 0 unspecified atom stereocenters. The molecule has 3 rings (SSSR count). The lowest BCUT2D eigenvalue weighted by Crippen LogP contribution is -2.49. The Hall–Kier alpha value is -5.46. The van der Waals surface area contributed by atoms with Crippen molar-refractivity contribution in [2.45, 2.75) is 38.3 Å². The van der Waals surface area contributed by atoms with Crippen molar-refractivity contribution in [2.24, 2.45) is 16.6 Å². The summed E-state index contributed by atoms with van der Waals surface area (Å²) >= 11 is 0. The minimum Gasteiger partial charge on any atom is -0.450 e. The minimum atomic E-state index is -1.02. The summed E-state index contributed by atoms with van der Waals surface area (Å²) in [6.07, 6.45) is -0.139. The topological polar surface area (TPSA) is 195 Å². The number of rotatable bonds is 14. The van der Waals surface area contributed by atoms with Gasteiger partial charge in [0.15, 0.2) is 5.03 Å². The molecule has 6 N–H and O–H groups in total. The van der Waals surface area contributed by atoms with Gasteiger partial charge in [-0.1, -0.05) is 72.8 Å². The zero-order valence-electron chi connectivity index (χ0n) is 23.7. The summed E-state index contributed by atoms with van der Waals surface area (Å²) in [4.78, 5) is 51.1. The normalized spacial score (nSPS) is 11.8. The van der Waals surface area contributed by atoms with Crippen LogP contribution in [0.1, 0.15) is 42.4 Å². The third-order valence-corrected chi connectivity index (χ3v) is 6.48. The predicted octanol–water partition coefficient (Wildman–Crippen LogP) is 3.15. The zero-order chi connectivity index (χ0) is 31.2. The number of nitrogens with zero attached hydrogens (tertiary/aromatic N) is 3. The second-order valence-electron chi connectivity index (χ2n) is 9.47. The molecule has 3 aromatic carbocycles. The Balaban J connectivity index is 1.94. The molecule has 43 heavy (non-hydrogen) atoms. The van der Waals surface area contributed by atoms with E-state index >= 15 is 0 Å². The number of guanidine groups is 1. The van der Waals surface area contributed by atoms with Crippen molar-refractivity contribution in [1.82, 2.24) is 10.2 Å². The molecule has 0 aliphatic heterocycles. The average Bonchev–Trinajstić information content (AvgIpc) is 2.98.